The van der Waals surface area contributed by atoms with Crippen molar-refractivity contribution < 1.29 is 4.42 Å². The van der Waals surface area contributed by atoms with Crippen LogP contribution in [0.4, 0.5) is 17.1 Å². The first-order chi connectivity index (χ1) is 38.0. The number of furan rings is 1. The highest BCUT2D eigenvalue weighted by Gasteiger charge is 2.31. The molecule has 0 fully saturated rings. The number of nitrogens with zero attached hydrogens (tertiary/aromatic N) is 1. The minimum atomic E-state index is 0.952. The Morgan fingerprint density at radius 1 is 0.247 bits per heavy atom. The molecule has 1 aromatic heterocycles. The molecule has 0 spiro atoms. The van der Waals surface area contributed by atoms with E-state index in [-0.39, 0.29) is 0 Å². The molecule has 0 radical (unpaired) electrons. The molecule has 0 saturated carbocycles. The highest BCUT2D eigenvalue weighted by atomic mass is 16.3. The largest absolute Gasteiger partial charge is 0.456 e. The lowest BCUT2D eigenvalue weighted by Gasteiger charge is -2.34. The van der Waals surface area contributed by atoms with Crippen LogP contribution in [0.15, 0.2) is 52.9 Å². The van der Waals surface area contributed by atoms with Crippen LogP contribution in [0.3, 0.4) is 0 Å². The zero-order chi connectivity index (χ0) is 59.3. The van der Waals surface area contributed by atoms with Crippen molar-refractivity contribution in [2.45, 2.75) is 0 Å². The Morgan fingerprint density at radius 3 is 1.25 bits per heavy atom. The number of rotatable bonds is 7. The molecule has 2 nitrogen and oxygen atoms in total. The van der Waals surface area contributed by atoms with Gasteiger partial charge in [0.25, 0.3) is 0 Å². The minimum absolute atomic E-state index is 0.952. The van der Waals surface area contributed by atoms with Gasteiger partial charge in [-0.05, 0) is 73.9 Å². The average Bonchev–Trinajstić information content (AvgIpc) is 4.07. The molecule has 81 heavy (non-hydrogen) atoms. The van der Waals surface area contributed by atoms with E-state index in [1.54, 1.807) is 0 Å². The topological polar surface area (TPSA) is 16.4 Å². The highest BCUT2D eigenvalue weighted by molar-refractivity contribution is 6.75. The molecule has 0 aliphatic carbocycles. The molecule has 1 heterocycles. The zero-order valence-corrected chi connectivity index (χ0v) is 54.5. The highest BCUT2D eigenvalue weighted by Crippen LogP contribution is 2.41. The summed E-state index contributed by atoms with van der Waals surface area (Å²) in [4.78, 5) is 2.62. The van der Waals surface area contributed by atoms with E-state index in [9.17, 15) is 0 Å². The molecule has 10 rings (SSSR count). The second-order valence-corrected chi connectivity index (χ2v) is 25.3. The quantitative estimate of drug-likeness (QED) is 0.148. The Balaban J connectivity index is 1.37. The predicted molar refractivity (Wildman–Crippen MR) is 448 cm³/mol. The number of hydrogen-bond donors (Lipinski definition) is 0. The van der Waals surface area contributed by atoms with Crippen LogP contribution in [0.1, 0.15) is 0 Å². The summed E-state index contributed by atoms with van der Waals surface area (Å²) in [6.07, 6.45) is 0. The molecule has 0 atom stereocenters. The Hall–Kier alpha value is -5.41. The first-order valence-corrected chi connectivity index (χ1v) is 29.7. The first-order valence-electron chi connectivity index (χ1n) is 29.7. The van der Waals surface area contributed by atoms with Gasteiger partial charge >= 0.3 is 0 Å². The van der Waals surface area contributed by atoms with Gasteiger partial charge in [0.15, 0.2) is 0 Å². The van der Waals surface area contributed by atoms with Gasteiger partial charge < -0.3 is 9.32 Å². The number of hydrogen-bond acceptors (Lipinski definition) is 2. The Bertz CT molecular complexity index is 4450. The summed E-state index contributed by atoms with van der Waals surface area (Å²) < 4.78 is 7.68. The Morgan fingerprint density at radius 2 is 0.704 bits per heavy atom. The monoisotopic (exact) mass is 1010 g/mol. The van der Waals surface area contributed by atoms with E-state index in [2.05, 4.69) is 265 Å². The van der Waals surface area contributed by atoms with Crippen LogP contribution in [0.2, 0.25) is 0 Å². The third kappa shape index (κ3) is 8.62. The van der Waals surface area contributed by atoms with Crippen LogP contribution in [-0.2, 0) is 0 Å². The van der Waals surface area contributed by atoms with Crippen molar-refractivity contribution >= 4 is 409 Å². The van der Waals surface area contributed by atoms with E-state index in [1.165, 1.54) is 214 Å². The maximum Gasteiger partial charge on any atom is 0.147 e. The maximum absolute atomic E-state index is 7.68. The smallest absolute Gasteiger partial charge is 0.147 e. The van der Waals surface area contributed by atoms with Crippen LogP contribution >= 0.6 is 0 Å². The summed E-state index contributed by atoms with van der Waals surface area (Å²) >= 11 is 0. The Labute approximate surface area is 507 Å². The molecule has 0 aliphatic heterocycles. The minimum Gasteiger partial charge on any atom is -0.456 e. The predicted octanol–water partition coefficient (Wildman–Crippen LogP) is -32.1. The van der Waals surface area contributed by atoms with Crippen LogP contribution in [0.25, 0.3) is 77.2 Å². The molecule has 0 amide bonds. The fraction of sp³-hybridized carbons (Fsp3) is 0. The SMILES string of the molecule is Bc1cc(N(c2cc(B)c3c(oc4c(-c5c(B)c(B)c(B)c(B)c5B)c(B)c(B)c(B)c43)c2B)c2c(-c3cccc(B)c3B)cc(-c3c(B)c(B)c(B)c(B)c3B)c(B)c2B)ccc1-c1c(B)c(B)c(B)c2c(B)c(B)c(B)c(B)c12. The van der Waals surface area contributed by atoms with Gasteiger partial charge in [-0.2, -0.15) is 0 Å². The normalized spacial score (nSPS) is 11.6. The summed E-state index contributed by atoms with van der Waals surface area (Å²) in [6, 6.07) is 19.2. The van der Waals surface area contributed by atoms with E-state index in [1.807, 2.05) is 0 Å². The van der Waals surface area contributed by atoms with Crippen LogP contribution in [0.5, 0.6) is 0 Å². The van der Waals surface area contributed by atoms with E-state index in [0.29, 0.717) is 0 Å². The molecule has 0 bridgehead atoms. The van der Waals surface area contributed by atoms with Crippen molar-refractivity contribution in [2.24, 2.45) is 0 Å². The second-order valence-electron chi connectivity index (χ2n) is 25.3. The van der Waals surface area contributed by atoms with Crippen LogP contribution < -0.4 is 152 Å². The van der Waals surface area contributed by atoms with Crippen LogP contribution in [-0.4, -0.2) is 212 Å². The molecular weight excluding hydrogens is 947 g/mol. The molecule has 362 valence electrons. The van der Waals surface area contributed by atoms with E-state index >= 15 is 0 Å². The van der Waals surface area contributed by atoms with Crippen molar-refractivity contribution in [3.05, 3.63) is 48.5 Å². The molecule has 0 saturated heterocycles. The fourth-order valence-corrected chi connectivity index (χ4v) is 14.7. The average molecular weight is 1010 g/mol. The van der Waals surface area contributed by atoms with E-state index in [0.717, 1.165) is 28.0 Å². The molecule has 29 heteroatoms. The van der Waals surface area contributed by atoms with Crippen molar-refractivity contribution in [3.8, 4) is 44.5 Å². The van der Waals surface area contributed by atoms with Gasteiger partial charge in [-0.15, -0.1) is 49.2 Å². The third-order valence-corrected chi connectivity index (χ3v) is 21.8. The molecule has 10 aromatic rings. The van der Waals surface area contributed by atoms with E-state index in [4.69, 9.17) is 4.42 Å². The molecule has 0 unspecified atom stereocenters. The van der Waals surface area contributed by atoms with Crippen LogP contribution in [0, 0.1) is 0 Å². The van der Waals surface area contributed by atoms with Gasteiger partial charge in [-0.25, -0.2) is 0 Å². The maximum atomic E-state index is 7.68. The van der Waals surface area contributed by atoms with Crippen molar-refractivity contribution in [2.75, 3.05) is 4.90 Å². The Kier molecular flexibility index (Phi) is 15.3. The lowest BCUT2D eigenvalue weighted by Crippen LogP contribution is -2.56. The standard InChI is InChI=1S/C52H62B27NO/c53-14-3-1-2-10(26(14)56)12-7-13(19-30(60)41(71)47(77)42(72)31(19)61)27(57)49(79)50(12)80(9-4-5-11(15(54)6-9)18-21-22(33(63)39(69)29(18)59)34(64)44(74)43(73)32(21)62)17-8-16(55)20-24-37(67)40(70)38(68)25(51(24)81-52(20)28(17)58)23-35(65)45(75)48(78)46(76)36(23)66/h1-8H,53-79H2. The second kappa shape index (κ2) is 21.0. The molecule has 0 aliphatic rings. The molecular formula is C52H62B27NO. The molecule has 0 N–H and O–H groups in total. The van der Waals surface area contributed by atoms with E-state index < -0.39 is 0 Å². The van der Waals surface area contributed by atoms with Gasteiger partial charge in [-0.3, -0.25) is 0 Å². The van der Waals surface area contributed by atoms with Gasteiger partial charge in [0, 0.05) is 39.0 Å². The summed E-state index contributed by atoms with van der Waals surface area (Å²) in [5, 5.41) is 5.22. The summed E-state index contributed by atoms with van der Waals surface area (Å²) in [7, 11) is 62.6. The van der Waals surface area contributed by atoms with Crippen molar-refractivity contribution in [1.29, 1.82) is 0 Å². The van der Waals surface area contributed by atoms with Gasteiger partial charge in [0.05, 0.1) is 0 Å². The number of anilines is 3. The lowest BCUT2D eigenvalue weighted by molar-refractivity contribution is 0.673. The lowest BCUT2D eigenvalue weighted by atomic mass is 9.58. The zero-order valence-electron chi connectivity index (χ0n) is 54.5. The molecule has 9 aromatic carbocycles. The fourth-order valence-electron chi connectivity index (χ4n) is 14.7. The number of benzene rings is 9. The summed E-state index contributed by atoms with van der Waals surface area (Å²) in [5.74, 6) is 0. The van der Waals surface area contributed by atoms with Gasteiger partial charge in [-0.1, -0.05) is 117 Å². The van der Waals surface area contributed by atoms with Crippen molar-refractivity contribution in [3.63, 3.8) is 0 Å². The van der Waals surface area contributed by atoms with Gasteiger partial charge in [0.2, 0.25) is 0 Å². The summed E-state index contributed by atoms with van der Waals surface area (Å²) in [6.45, 7) is 0. The summed E-state index contributed by atoms with van der Waals surface area (Å²) in [5.41, 5.74) is 51.5. The number of fused-ring (bicyclic) bond motifs is 4. The first kappa shape index (κ1) is 58.8. The van der Waals surface area contributed by atoms with Gasteiger partial charge in [0.1, 0.15) is 223 Å². The third-order valence-electron chi connectivity index (χ3n) is 21.8. The van der Waals surface area contributed by atoms with Crippen molar-refractivity contribution in [1.82, 2.24) is 0 Å².